The van der Waals surface area contributed by atoms with Crippen LogP contribution < -0.4 is 22.9 Å². The zero-order valence-electron chi connectivity index (χ0n) is 23.1. The van der Waals surface area contributed by atoms with Crippen LogP contribution in [0.4, 0.5) is 0 Å². The number of hydrogen-bond acceptors (Lipinski definition) is 8. The van der Waals surface area contributed by atoms with Crippen LogP contribution in [0.15, 0.2) is 12.1 Å². The van der Waals surface area contributed by atoms with Gasteiger partial charge in [-0.2, -0.15) is 0 Å². The monoisotopic (exact) mass is 674 g/mol. The van der Waals surface area contributed by atoms with Crippen molar-refractivity contribution in [1.29, 1.82) is 0 Å². The Kier molecular flexibility index (Phi) is 13.1. The molecule has 0 aromatic heterocycles. The first-order chi connectivity index (χ1) is 18.9. The van der Waals surface area contributed by atoms with Gasteiger partial charge in [-0.15, -0.1) is 0 Å². The van der Waals surface area contributed by atoms with Gasteiger partial charge in [0.2, 0.25) is 53.1 Å². The lowest BCUT2D eigenvalue weighted by molar-refractivity contribution is -0.118. The van der Waals surface area contributed by atoms with E-state index >= 15 is 0 Å². The van der Waals surface area contributed by atoms with E-state index < -0.39 is 114 Å². The summed E-state index contributed by atoms with van der Waals surface area (Å²) in [6, 6.07) is 2.26. The minimum atomic E-state index is -4.73. The van der Waals surface area contributed by atoms with Crippen molar-refractivity contribution in [3.05, 3.63) is 34.4 Å². The molecule has 0 spiro atoms. The molecule has 20 heteroatoms. The Morgan fingerprint density at radius 1 is 0.548 bits per heavy atom. The third-order valence-electron chi connectivity index (χ3n) is 6.45. The summed E-state index contributed by atoms with van der Waals surface area (Å²) >= 11 is 0. The molecule has 238 valence electrons. The summed E-state index contributed by atoms with van der Waals surface area (Å²) in [5.41, 5.74) is 20.0. The second kappa shape index (κ2) is 14.6. The van der Waals surface area contributed by atoms with Crippen LogP contribution in [-0.2, 0) is 37.4 Å². The van der Waals surface area contributed by atoms with E-state index in [2.05, 4.69) is 0 Å². The molecule has 0 aliphatic heterocycles. The summed E-state index contributed by atoms with van der Waals surface area (Å²) in [5.74, 6) is -3.82. The molecule has 0 radical (unpaired) electrons. The lowest BCUT2D eigenvalue weighted by atomic mass is 10.0. The van der Waals surface area contributed by atoms with Crippen LogP contribution >= 0.6 is 29.5 Å². The molecular weight excluding hydrogens is 636 g/mol. The van der Waals surface area contributed by atoms with E-state index in [-0.39, 0.29) is 22.3 Å². The summed E-state index contributed by atoms with van der Waals surface area (Å²) in [5, 5.41) is -4.08. The van der Waals surface area contributed by atoms with Crippen LogP contribution in [0.2, 0.25) is 0 Å². The highest BCUT2D eigenvalue weighted by Gasteiger charge is 2.49. The van der Waals surface area contributed by atoms with Gasteiger partial charge in [-0.25, -0.2) is 0 Å². The minimum Gasteiger partial charge on any atom is -0.370 e. The van der Waals surface area contributed by atoms with Crippen LogP contribution in [0, 0.1) is 13.8 Å². The maximum Gasteiger partial charge on any atom is 0.217 e. The first-order valence-corrected chi connectivity index (χ1v) is 20.1. The fraction of sp³-hybridized carbons (Fsp3) is 0.545. The van der Waals surface area contributed by atoms with E-state index in [4.69, 9.17) is 22.9 Å². The Bertz CT molecular complexity index is 1250. The molecule has 0 aliphatic carbocycles. The third-order valence-corrected chi connectivity index (χ3v) is 18.4. The smallest absolute Gasteiger partial charge is 0.217 e. The molecule has 0 fully saturated rings. The standard InChI is InChI=1S/C22H38N4O12P4/c1-13-11-16(22(41(35,36)9-5-19(25)29)42(37,38)10-6-20(26)30)14(2)12-15(13)21(39(31,32)7-3-17(23)27)40(33,34)8-4-18(24)28/h11-12,21-22H,3-10H2,1-2H3,(H2,23,27)(H2,24,28)(H2,25,29)(H2,26,30)(H,31,32)(H,33,34)(H,35,36)(H,37,38). The Balaban J connectivity index is 3.95. The molecule has 0 saturated heterocycles. The summed E-state index contributed by atoms with van der Waals surface area (Å²) in [7, 11) is -18.9. The maximum atomic E-state index is 13.5. The molecule has 0 saturated carbocycles. The van der Waals surface area contributed by atoms with Crippen molar-refractivity contribution in [3.8, 4) is 0 Å². The summed E-state index contributed by atoms with van der Waals surface area (Å²) in [6.45, 7) is 2.61. The molecule has 42 heavy (non-hydrogen) atoms. The molecule has 1 rings (SSSR count). The summed E-state index contributed by atoms with van der Waals surface area (Å²) < 4.78 is 53.8. The molecule has 4 atom stereocenters. The molecule has 1 aromatic rings. The summed E-state index contributed by atoms with van der Waals surface area (Å²) in [4.78, 5) is 89.0. The van der Waals surface area contributed by atoms with E-state index in [1.807, 2.05) is 0 Å². The van der Waals surface area contributed by atoms with Gasteiger partial charge in [0, 0.05) is 50.3 Å². The van der Waals surface area contributed by atoms with Crippen LogP contribution in [0.3, 0.4) is 0 Å². The first kappa shape index (κ1) is 37.9. The van der Waals surface area contributed by atoms with Crippen molar-refractivity contribution >= 4 is 53.1 Å². The second-order valence-electron chi connectivity index (χ2n) is 10.1. The summed E-state index contributed by atoms with van der Waals surface area (Å²) in [6.07, 6.45) is -5.58. The lowest BCUT2D eigenvalue weighted by Crippen LogP contribution is -2.18. The Labute approximate surface area is 242 Å². The predicted molar refractivity (Wildman–Crippen MR) is 155 cm³/mol. The highest BCUT2D eigenvalue weighted by atomic mass is 31.2. The van der Waals surface area contributed by atoms with Crippen molar-refractivity contribution < 1.29 is 57.0 Å². The molecule has 0 heterocycles. The van der Waals surface area contributed by atoms with E-state index in [9.17, 15) is 57.0 Å². The van der Waals surface area contributed by atoms with Gasteiger partial charge in [0.1, 0.15) is 10.8 Å². The largest absolute Gasteiger partial charge is 0.370 e. The molecule has 4 unspecified atom stereocenters. The fourth-order valence-corrected chi connectivity index (χ4v) is 16.3. The van der Waals surface area contributed by atoms with Crippen LogP contribution in [-0.4, -0.2) is 67.9 Å². The predicted octanol–water partition coefficient (Wildman–Crippen LogP) is 0.884. The topological polar surface area (TPSA) is 322 Å². The van der Waals surface area contributed by atoms with Gasteiger partial charge >= 0.3 is 0 Å². The van der Waals surface area contributed by atoms with Gasteiger partial charge in [0.15, 0.2) is 0 Å². The zero-order chi connectivity index (χ0) is 32.8. The number of rotatable bonds is 18. The zero-order valence-corrected chi connectivity index (χ0v) is 26.7. The Hall–Kier alpha value is -2.14. The number of carbonyl (C=O) groups is 4. The van der Waals surface area contributed by atoms with E-state index in [0.29, 0.717) is 0 Å². The number of amides is 4. The van der Waals surface area contributed by atoms with Gasteiger partial charge in [-0.05, 0) is 36.1 Å². The van der Waals surface area contributed by atoms with Gasteiger partial charge in [-0.3, -0.25) is 37.4 Å². The number of primary amides is 4. The highest BCUT2D eigenvalue weighted by molar-refractivity contribution is 7.76. The molecule has 4 amide bonds. The van der Waals surface area contributed by atoms with Crippen molar-refractivity contribution in [3.63, 3.8) is 0 Å². The average Bonchev–Trinajstić information content (AvgIpc) is 2.82. The van der Waals surface area contributed by atoms with Crippen molar-refractivity contribution in [2.75, 3.05) is 24.6 Å². The highest BCUT2D eigenvalue weighted by Crippen LogP contribution is 2.76. The van der Waals surface area contributed by atoms with Crippen LogP contribution in [0.25, 0.3) is 0 Å². The van der Waals surface area contributed by atoms with Crippen molar-refractivity contribution in [2.24, 2.45) is 22.9 Å². The van der Waals surface area contributed by atoms with Crippen molar-refractivity contribution in [1.82, 2.24) is 0 Å². The minimum absolute atomic E-state index is 0.0166. The molecule has 1 aromatic carbocycles. The first-order valence-electron chi connectivity index (χ1n) is 12.4. The van der Waals surface area contributed by atoms with E-state index in [1.165, 1.54) is 13.8 Å². The van der Waals surface area contributed by atoms with Gasteiger partial charge in [0.05, 0.1) is 0 Å². The number of aryl methyl sites for hydroxylation is 2. The molecular formula is C22H38N4O12P4. The van der Waals surface area contributed by atoms with Gasteiger partial charge < -0.3 is 42.5 Å². The number of carbonyl (C=O) groups excluding carboxylic acids is 4. The van der Waals surface area contributed by atoms with Gasteiger partial charge in [-0.1, -0.05) is 12.1 Å². The normalized spacial score (nSPS) is 18.8. The maximum absolute atomic E-state index is 13.5. The average molecular weight is 674 g/mol. The SMILES string of the molecule is Cc1cc(C(P(=O)(O)CCC(N)=O)P(=O)(O)CCC(N)=O)c(C)cc1C(P(=O)(O)CCC(N)=O)P(=O)(O)CCC(N)=O. The molecule has 0 aliphatic rings. The number of nitrogens with two attached hydrogens (primary N) is 4. The van der Waals surface area contributed by atoms with Gasteiger partial charge in [0.25, 0.3) is 0 Å². The van der Waals surface area contributed by atoms with Crippen LogP contribution in [0.5, 0.6) is 0 Å². The van der Waals surface area contributed by atoms with Crippen LogP contribution in [0.1, 0.15) is 58.7 Å². The van der Waals surface area contributed by atoms with E-state index in [0.717, 1.165) is 12.1 Å². The Morgan fingerprint density at radius 2 is 0.738 bits per heavy atom. The number of benzene rings is 1. The molecule has 16 nitrogen and oxygen atoms in total. The second-order valence-corrected chi connectivity index (χ2v) is 20.8. The number of hydrogen-bond donors (Lipinski definition) is 8. The fourth-order valence-electron chi connectivity index (χ4n) is 4.42. The van der Waals surface area contributed by atoms with E-state index in [1.54, 1.807) is 0 Å². The molecule has 0 bridgehead atoms. The quantitative estimate of drug-likeness (QED) is 0.101. The molecule has 12 N–H and O–H groups in total. The lowest BCUT2D eigenvalue weighted by Gasteiger charge is -2.32. The van der Waals surface area contributed by atoms with Crippen molar-refractivity contribution in [2.45, 2.75) is 50.3 Å². The Morgan fingerprint density at radius 3 is 0.905 bits per heavy atom. The third kappa shape index (κ3) is 10.5.